The van der Waals surface area contributed by atoms with Crippen LogP contribution in [0.3, 0.4) is 0 Å². The Bertz CT molecular complexity index is 299. The van der Waals surface area contributed by atoms with Gasteiger partial charge in [-0.2, -0.15) is 0 Å². The van der Waals surface area contributed by atoms with Gasteiger partial charge in [0.2, 0.25) is 0 Å². The van der Waals surface area contributed by atoms with Crippen LogP contribution >= 0.6 is 0 Å². The van der Waals surface area contributed by atoms with Gasteiger partial charge in [-0.05, 0) is 39.8 Å². The van der Waals surface area contributed by atoms with Crippen LogP contribution in [0, 0.1) is 0 Å². The van der Waals surface area contributed by atoms with Gasteiger partial charge >= 0.3 is 0 Å². The van der Waals surface area contributed by atoms with Crippen molar-refractivity contribution in [1.82, 2.24) is 19.8 Å². The number of unbranched alkanes of at least 4 members (excludes halogenated alkanes) is 1. The second kappa shape index (κ2) is 6.17. The number of rotatable bonds is 6. The fraction of sp³-hybridized carbons (Fsp3) is 0.769. The van der Waals surface area contributed by atoms with E-state index in [1.807, 2.05) is 18.7 Å². The molecule has 1 saturated heterocycles. The molecule has 2 heterocycles. The number of aryl methyl sites for hydroxylation is 1. The molecule has 1 aliphatic heterocycles. The number of likely N-dealkylation sites (N-methyl/N-ethyl adjacent to an activating group) is 1. The minimum atomic E-state index is 0.697. The summed E-state index contributed by atoms with van der Waals surface area (Å²) in [4.78, 5) is 6.48. The molecule has 2 unspecified atom stereocenters. The lowest BCUT2D eigenvalue weighted by Gasteiger charge is -2.13. The molecule has 2 atom stereocenters. The molecule has 1 N–H and O–H groups in total. The standard InChI is InChI=1S/C13H24N4/c1-12-9-13(10-16(12)2)15-5-3-4-7-17-8-6-14-11-17/h6,8,11-13,15H,3-5,7,9-10H2,1-2H3. The fourth-order valence-electron chi connectivity index (χ4n) is 2.49. The van der Waals surface area contributed by atoms with Crippen molar-refractivity contribution in [2.45, 2.75) is 44.8 Å². The van der Waals surface area contributed by atoms with Crippen LogP contribution < -0.4 is 5.32 Å². The van der Waals surface area contributed by atoms with Crippen molar-refractivity contribution in [2.24, 2.45) is 0 Å². The second-order valence-electron chi connectivity index (χ2n) is 5.18. The Kier molecular flexibility index (Phi) is 4.57. The van der Waals surface area contributed by atoms with E-state index in [2.05, 4.69) is 33.7 Å². The van der Waals surface area contributed by atoms with Crippen molar-refractivity contribution in [3.05, 3.63) is 18.7 Å². The van der Waals surface area contributed by atoms with E-state index in [-0.39, 0.29) is 0 Å². The summed E-state index contributed by atoms with van der Waals surface area (Å²) in [6.45, 7) is 5.73. The van der Waals surface area contributed by atoms with E-state index in [1.165, 1.54) is 25.8 Å². The van der Waals surface area contributed by atoms with Crippen molar-refractivity contribution in [3.63, 3.8) is 0 Å². The van der Waals surface area contributed by atoms with Crippen LogP contribution in [0.1, 0.15) is 26.2 Å². The summed E-state index contributed by atoms with van der Waals surface area (Å²) in [5.41, 5.74) is 0. The van der Waals surface area contributed by atoms with Gasteiger partial charge in [-0.1, -0.05) is 0 Å². The van der Waals surface area contributed by atoms with Crippen LogP contribution in [-0.4, -0.2) is 46.7 Å². The molecule has 1 aliphatic rings. The number of imidazole rings is 1. The number of hydrogen-bond acceptors (Lipinski definition) is 3. The highest BCUT2D eigenvalue weighted by Crippen LogP contribution is 2.14. The molecule has 0 amide bonds. The van der Waals surface area contributed by atoms with Crippen molar-refractivity contribution in [1.29, 1.82) is 0 Å². The number of hydrogen-bond donors (Lipinski definition) is 1. The van der Waals surface area contributed by atoms with E-state index >= 15 is 0 Å². The van der Waals surface area contributed by atoms with Crippen LogP contribution in [-0.2, 0) is 6.54 Å². The van der Waals surface area contributed by atoms with Crippen molar-refractivity contribution in [2.75, 3.05) is 20.1 Å². The predicted octanol–water partition coefficient (Wildman–Crippen LogP) is 1.35. The predicted molar refractivity (Wildman–Crippen MR) is 70.0 cm³/mol. The number of nitrogens with zero attached hydrogens (tertiary/aromatic N) is 3. The molecule has 0 aromatic carbocycles. The van der Waals surface area contributed by atoms with E-state index in [0.29, 0.717) is 6.04 Å². The molecule has 1 aromatic heterocycles. The van der Waals surface area contributed by atoms with E-state index in [1.54, 1.807) is 0 Å². The average molecular weight is 236 g/mol. The molecule has 0 bridgehead atoms. The Morgan fingerprint density at radius 3 is 2.94 bits per heavy atom. The maximum atomic E-state index is 4.04. The SMILES string of the molecule is CC1CC(NCCCCn2ccnc2)CN1C. The van der Waals surface area contributed by atoms with Crippen LogP contribution in [0.4, 0.5) is 0 Å². The largest absolute Gasteiger partial charge is 0.337 e. The molecule has 0 radical (unpaired) electrons. The average Bonchev–Trinajstić information content (AvgIpc) is 2.90. The molecule has 0 saturated carbocycles. The first-order chi connectivity index (χ1) is 8.25. The number of aromatic nitrogens is 2. The lowest BCUT2D eigenvalue weighted by molar-refractivity contribution is 0.326. The van der Waals surface area contributed by atoms with Crippen LogP contribution in [0.15, 0.2) is 18.7 Å². The van der Waals surface area contributed by atoms with E-state index in [9.17, 15) is 0 Å². The maximum Gasteiger partial charge on any atom is 0.0945 e. The summed E-state index contributed by atoms with van der Waals surface area (Å²) in [6, 6.07) is 1.43. The normalized spacial score (nSPS) is 25.5. The Balaban J connectivity index is 1.52. The molecule has 1 aromatic rings. The van der Waals surface area contributed by atoms with Crippen LogP contribution in [0.2, 0.25) is 0 Å². The van der Waals surface area contributed by atoms with Gasteiger partial charge in [-0.3, -0.25) is 0 Å². The van der Waals surface area contributed by atoms with E-state index in [4.69, 9.17) is 0 Å². The summed E-state index contributed by atoms with van der Waals surface area (Å²) >= 11 is 0. The summed E-state index contributed by atoms with van der Waals surface area (Å²) < 4.78 is 2.14. The van der Waals surface area contributed by atoms with Gasteiger partial charge in [0.1, 0.15) is 0 Å². The topological polar surface area (TPSA) is 33.1 Å². The minimum Gasteiger partial charge on any atom is -0.337 e. The van der Waals surface area contributed by atoms with Crippen LogP contribution in [0.25, 0.3) is 0 Å². The van der Waals surface area contributed by atoms with Gasteiger partial charge < -0.3 is 14.8 Å². The molecular weight excluding hydrogens is 212 g/mol. The van der Waals surface area contributed by atoms with E-state index in [0.717, 1.165) is 19.1 Å². The summed E-state index contributed by atoms with van der Waals surface area (Å²) in [5, 5.41) is 3.66. The van der Waals surface area contributed by atoms with Gasteiger partial charge in [0.15, 0.2) is 0 Å². The Hall–Kier alpha value is -0.870. The lowest BCUT2D eigenvalue weighted by atomic mass is 10.2. The third-order valence-corrected chi connectivity index (χ3v) is 3.72. The third kappa shape index (κ3) is 3.82. The number of likely N-dealkylation sites (tertiary alicyclic amines) is 1. The first-order valence-corrected chi connectivity index (χ1v) is 6.65. The molecule has 4 nitrogen and oxygen atoms in total. The van der Waals surface area contributed by atoms with Crippen molar-refractivity contribution < 1.29 is 0 Å². The molecule has 96 valence electrons. The smallest absolute Gasteiger partial charge is 0.0945 e. The highest BCUT2D eigenvalue weighted by molar-refractivity contribution is 4.84. The van der Waals surface area contributed by atoms with Crippen molar-refractivity contribution in [3.8, 4) is 0 Å². The minimum absolute atomic E-state index is 0.697. The molecule has 17 heavy (non-hydrogen) atoms. The molecule has 0 spiro atoms. The fourth-order valence-corrected chi connectivity index (χ4v) is 2.49. The highest BCUT2D eigenvalue weighted by atomic mass is 15.2. The molecule has 0 aliphatic carbocycles. The molecule has 2 rings (SSSR count). The Morgan fingerprint density at radius 2 is 2.29 bits per heavy atom. The van der Waals surface area contributed by atoms with Crippen molar-refractivity contribution >= 4 is 0 Å². The Morgan fingerprint density at radius 1 is 1.41 bits per heavy atom. The third-order valence-electron chi connectivity index (χ3n) is 3.72. The van der Waals surface area contributed by atoms with Gasteiger partial charge in [0, 0.05) is 37.6 Å². The highest BCUT2D eigenvalue weighted by Gasteiger charge is 2.24. The molecule has 1 fully saturated rings. The Labute approximate surface area is 104 Å². The second-order valence-corrected chi connectivity index (χ2v) is 5.18. The zero-order valence-corrected chi connectivity index (χ0v) is 11.0. The lowest BCUT2D eigenvalue weighted by Crippen LogP contribution is -2.32. The first-order valence-electron chi connectivity index (χ1n) is 6.65. The zero-order chi connectivity index (χ0) is 12.1. The summed E-state index contributed by atoms with van der Waals surface area (Å²) in [5.74, 6) is 0. The summed E-state index contributed by atoms with van der Waals surface area (Å²) in [6.07, 6.45) is 9.52. The number of nitrogens with one attached hydrogen (secondary N) is 1. The zero-order valence-electron chi connectivity index (χ0n) is 11.0. The summed E-state index contributed by atoms with van der Waals surface area (Å²) in [7, 11) is 2.21. The maximum absolute atomic E-state index is 4.04. The first kappa shape index (κ1) is 12.6. The molecule has 4 heteroatoms. The van der Waals surface area contributed by atoms with Gasteiger partial charge in [0.25, 0.3) is 0 Å². The van der Waals surface area contributed by atoms with Crippen LogP contribution in [0.5, 0.6) is 0 Å². The quantitative estimate of drug-likeness (QED) is 0.757. The monoisotopic (exact) mass is 236 g/mol. The molecular formula is C13H24N4. The van der Waals surface area contributed by atoms with Gasteiger partial charge in [0.05, 0.1) is 6.33 Å². The van der Waals surface area contributed by atoms with E-state index < -0.39 is 0 Å². The van der Waals surface area contributed by atoms with Gasteiger partial charge in [-0.25, -0.2) is 4.98 Å². The van der Waals surface area contributed by atoms with Gasteiger partial charge in [-0.15, -0.1) is 0 Å².